The van der Waals surface area contributed by atoms with Crippen molar-refractivity contribution in [3.8, 4) is 0 Å². The van der Waals surface area contributed by atoms with E-state index in [1.165, 1.54) is 0 Å². The Morgan fingerprint density at radius 3 is 2.94 bits per heavy atom. The first-order valence-electron chi connectivity index (χ1n) is 5.27. The number of hydrogen-bond donors (Lipinski definition) is 1. The van der Waals surface area contributed by atoms with Crippen LogP contribution in [0.25, 0.3) is 0 Å². The SMILES string of the molecule is C=CCN1C=C2NC=CN=C2N(CC=C)C1. The van der Waals surface area contributed by atoms with Crippen molar-refractivity contribution in [2.75, 3.05) is 19.8 Å². The van der Waals surface area contributed by atoms with Crippen molar-refractivity contribution < 1.29 is 0 Å². The van der Waals surface area contributed by atoms with Crippen LogP contribution in [0.2, 0.25) is 0 Å². The molecule has 84 valence electrons. The van der Waals surface area contributed by atoms with Crippen LogP contribution in [-0.4, -0.2) is 35.4 Å². The van der Waals surface area contributed by atoms with E-state index >= 15 is 0 Å². The number of hydrogen-bond acceptors (Lipinski definition) is 4. The van der Waals surface area contributed by atoms with Crippen molar-refractivity contribution in [2.24, 2.45) is 4.99 Å². The zero-order valence-electron chi connectivity index (χ0n) is 9.26. The summed E-state index contributed by atoms with van der Waals surface area (Å²) in [4.78, 5) is 8.72. The minimum absolute atomic E-state index is 0.791. The smallest absolute Gasteiger partial charge is 0.155 e. The second-order valence-corrected chi connectivity index (χ2v) is 3.67. The molecule has 2 rings (SSSR count). The van der Waals surface area contributed by atoms with E-state index in [0.29, 0.717) is 0 Å². The van der Waals surface area contributed by atoms with Crippen LogP contribution in [-0.2, 0) is 0 Å². The fraction of sp³-hybridized carbons (Fsp3) is 0.250. The van der Waals surface area contributed by atoms with Crippen molar-refractivity contribution >= 4 is 5.84 Å². The molecule has 2 aliphatic heterocycles. The van der Waals surface area contributed by atoms with Gasteiger partial charge in [0.15, 0.2) is 5.84 Å². The molecule has 1 N–H and O–H groups in total. The molecule has 0 bridgehead atoms. The molecular weight excluding hydrogens is 200 g/mol. The van der Waals surface area contributed by atoms with Gasteiger partial charge >= 0.3 is 0 Å². The molecule has 0 spiro atoms. The average molecular weight is 216 g/mol. The van der Waals surface area contributed by atoms with Crippen LogP contribution in [0.3, 0.4) is 0 Å². The first-order valence-corrected chi connectivity index (χ1v) is 5.27. The molecule has 16 heavy (non-hydrogen) atoms. The zero-order chi connectivity index (χ0) is 11.4. The lowest BCUT2D eigenvalue weighted by Crippen LogP contribution is -2.47. The fourth-order valence-corrected chi connectivity index (χ4v) is 1.80. The maximum Gasteiger partial charge on any atom is 0.155 e. The molecule has 0 aromatic rings. The van der Waals surface area contributed by atoms with E-state index in [1.54, 1.807) is 6.20 Å². The first-order chi connectivity index (χ1) is 7.85. The summed E-state index contributed by atoms with van der Waals surface area (Å²) in [5, 5.41) is 3.20. The third kappa shape index (κ3) is 2.00. The van der Waals surface area contributed by atoms with Crippen LogP contribution < -0.4 is 5.32 Å². The van der Waals surface area contributed by atoms with Gasteiger partial charge in [-0.2, -0.15) is 0 Å². The third-order valence-corrected chi connectivity index (χ3v) is 2.43. The van der Waals surface area contributed by atoms with E-state index in [9.17, 15) is 0 Å². The van der Waals surface area contributed by atoms with Crippen LogP contribution in [0.5, 0.6) is 0 Å². The van der Waals surface area contributed by atoms with Gasteiger partial charge in [-0.15, -0.1) is 13.2 Å². The number of rotatable bonds is 4. The van der Waals surface area contributed by atoms with E-state index in [0.717, 1.165) is 31.3 Å². The summed E-state index contributed by atoms with van der Waals surface area (Å²) in [5.41, 5.74) is 1.03. The number of fused-ring (bicyclic) bond motifs is 1. The fourth-order valence-electron chi connectivity index (χ4n) is 1.80. The molecular formula is C12H16N4. The molecule has 0 aromatic carbocycles. The maximum absolute atomic E-state index is 4.38. The van der Waals surface area contributed by atoms with Gasteiger partial charge < -0.3 is 15.1 Å². The third-order valence-electron chi connectivity index (χ3n) is 2.43. The van der Waals surface area contributed by atoms with E-state index in [4.69, 9.17) is 0 Å². The molecule has 2 heterocycles. The predicted molar refractivity (Wildman–Crippen MR) is 66.5 cm³/mol. The Kier molecular flexibility index (Phi) is 3.10. The normalized spacial score (nSPS) is 18.2. The molecule has 0 saturated carbocycles. The second-order valence-electron chi connectivity index (χ2n) is 3.67. The molecule has 0 aliphatic carbocycles. The Hall–Kier alpha value is -1.97. The summed E-state index contributed by atoms with van der Waals surface area (Å²) in [6.07, 6.45) is 9.45. The number of nitrogens with zero attached hydrogens (tertiary/aromatic N) is 3. The predicted octanol–water partition coefficient (Wildman–Crippen LogP) is 1.25. The summed E-state index contributed by atoms with van der Waals surface area (Å²) in [7, 11) is 0. The standard InChI is InChI=1S/C12H16N4/c1-3-7-15-9-11-12(14-6-5-13-11)16(10-15)8-4-2/h3-6,9,13H,1-2,7-8,10H2. The van der Waals surface area contributed by atoms with Gasteiger partial charge in [-0.3, -0.25) is 0 Å². The lowest BCUT2D eigenvalue weighted by atomic mass is 10.2. The molecule has 0 aromatic heterocycles. The van der Waals surface area contributed by atoms with Crippen LogP contribution >= 0.6 is 0 Å². The van der Waals surface area contributed by atoms with Gasteiger partial charge in [-0.25, -0.2) is 4.99 Å². The van der Waals surface area contributed by atoms with E-state index in [2.05, 4.69) is 39.5 Å². The number of amidine groups is 1. The molecule has 2 aliphatic rings. The van der Waals surface area contributed by atoms with Crippen molar-refractivity contribution in [1.82, 2.24) is 15.1 Å². The second kappa shape index (κ2) is 4.70. The molecule has 0 radical (unpaired) electrons. The van der Waals surface area contributed by atoms with Crippen LogP contribution in [0.4, 0.5) is 0 Å². The lowest BCUT2D eigenvalue weighted by Gasteiger charge is -2.37. The minimum atomic E-state index is 0.791. The molecule has 0 fully saturated rings. The minimum Gasteiger partial charge on any atom is -0.356 e. The average Bonchev–Trinajstić information content (AvgIpc) is 2.30. The summed E-state index contributed by atoms with van der Waals surface area (Å²) in [6.45, 7) is 9.96. The Labute approximate surface area is 95.9 Å². The summed E-state index contributed by atoms with van der Waals surface area (Å²) in [6, 6.07) is 0. The Morgan fingerprint density at radius 1 is 1.38 bits per heavy atom. The first kappa shape index (κ1) is 10.5. The van der Waals surface area contributed by atoms with Crippen molar-refractivity contribution in [3.63, 3.8) is 0 Å². The van der Waals surface area contributed by atoms with Gasteiger partial charge in [0.25, 0.3) is 0 Å². The molecule has 4 nitrogen and oxygen atoms in total. The van der Waals surface area contributed by atoms with Crippen molar-refractivity contribution in [2.45, 2.75) is 0 Å². The molecule has 0 unspecified atom stereocenters. The lowest BCUT2D eigenvalue weighted by molar-refractivity contribution is 0.264. The van der Waals surface area contributed by atoms with Gasteiger partial charge in [0.05, 0.1) is 12.4 Å². The maximum atomic E-state index is 4.38. The summed E-state index contributed by atoms with van der Waals surface area (Å²) >= 11 is 0. The Balaban J connectivity index is 2.24. The Morgan fingerprint density at radius 2 is 2.19 bits per heavy atom. The highest BCUT2D eigenvalue weighted by Crippen LogP contribution is 2.14. The molecule has 4 heteroatoms. The molecule has 0 saturated heterocycles. The van der Waals surface area contributed by atoms with Gasteiger partial charge in [-0.05, 0) is 0 Å². The van der Waals surface area contributed by atoms with E-state index in [1.807, 2.05) is 18.4 Å². The number of aliphatic imine (C=N–C) groups is 1. The van der Waals surface area contributed by atoms with Gasteiger partial charge in [-0.1, -0.05) is 12.2 Å². The van der Waals surface area contributed by atoms with Crippen LogP contribution in [0.15, 0.2) is 54.6 Å². The summed E-state index contributed by atoms with van der Waals surface area (Å²) < 4.78 is 0. The quantitative estimate of drug-likeness (QED) is 0.717. The molecule has 0 amide bonds. The largest absolute Gasteiger partial charge is 0.356 e. The highest BCUT2D eigenvalue weighted by molar-refractivity contribution is 5.99. The number of nitrogens with one attached hydrogen (secondary N) is 1. The Bertz CT molecular complexity index is 378. The molecule has 0 atom stereocenters. The monoisotopic (exact) mass is 216 g/mol. The highest BCUT2D eigenvalue weighted by atomic mass is 15.4. The van der Waals surface area contributed by atoms with Gasteiger partial charge in [0.1, 0.15) is 0 Å². The summed E-state index contributed by atoms with van der Waals surface area (Å²) in [5.74, 6) is 0.975. The highest BCUT2D eigenvalue weighted by Gasteiger charge is 2.22. The van der Waals surface area contributed by atoms with E-state index in [-0.39, 0.29) is 0 Å². The van der Waals surface area contributed by atoms with Crippen molar-refractivity contribution in [1.29, 1.82) is 0 Å². The van der Waals surface area contributed by atoms with Crippen LogP contribution in [0, 0.1) is 0 Å². The zero-order valence-corrected chi connectivity index (χ0v) is 9.26. The van der Waals surface area contributed by atoms with Crippen LogP contribution in [0.1, 0.15) is 0 Å². The van der Waals surface area contributed by atoms with Gasteiger partial charge in [0.2, 0.25) is 0 Å². The topological polar surface area (TPSA) is 30.9 Å². The van der Waals surface area contributed by atoms with Gasteiger partial charge in [0, 0.05) is 31.7 Å². The van der Waals surface area contributed by atoms with Crippen molar-refractivity contribution in [3.05, 3.63) is 49.6 Å². The van der Waals surface area contributed by atoms with E-state index < -0.39 is 0 Å².